The molecule has 0 aliphatic carbocycles. The minimum Gasteiger partial charge on any atom is -0.478 e. The second-order valence-electron chi connectivity index (χ2n) is 5.95. The Hall–Kier alpha value is -2.57. The van der Waals surface area contributed by atoms with E-state index in [0.29, 0.717) is 10.0 Å². The van der Waals surface area contributed by atoms with Crippen molar-refractivity contribution >= 4 is 83.1 Å². The van der Waals surface area contributed by atoms with Crippen LogP contribution in [-0.2, 0) is 4.79 Å². The summed E-state index contributed by atoms with van der Waals surface area (Å²) in [6.45, 7) is 1.05. The number of hydrogen-bond acceptors (Lipinski definition) is 5. The molecule has 0 saturated heterocycles. The second-order valence-corrected chi connectivity index (χ2v) is 8.33. The Morgan fingerprint density at radius 3 is 1.57 bits per heavy atom. The SMILES string of the molecule is CC(=O)N(c1c(Br)c(C(=O)O)c(Br)c(C(=O)O)c1Br)N1C(=O)c2ccccc2C1=O. The number of carboxylic acids is 2. The van der Waals surface area contributed by atoms with Gasteiger partial charge in [-0.1, -0.05) is 12.1 Å². The number of halogens is 3. The lowest BCUT2D eigenvalue weighted by Gasteiger charge is -2.31. The van der Waals surface area contributed by atoms with E-state index in [1.54, 1.807) is 12.1 Å². The fourth-order valence-electron chi connectivity index (χ4n) is 2.97. The lowest BCUT2D eigenvalue weighted by Crippen LogP contribution is -2.49. The van der Waals surface area contributed by atoms with Crippen LogP contribution in [0.15, 0.2) is 37.7 Å². The van der Waals surface area contributed by atoms with Crippen molar-refractivity contribution in [3.05, 3.63) is 59.9 Å². The van der Waals surface area contributed by atoms with Crippen molar-refractivity contribution in [2.24, 2.45) is 0 Å². The highest BCUT2D eigenvalue weighted by Gasteiger charge is 2.43. The monoisotopic (exact) mass is 602 g/mol. The summed E-state index contributed by atoms with van der Waals surface area (Å²) < 4.78 is -0.702. The molecule has 154 valence electrons. The molecule has 0 fully saturated rings. The number of aromatic carboxylic acids is 2. The number of carbonyl (C=O) groups excluding carboxylic acids is 3. The number of benzene rings is 2. The molecule has 30 heavy (non-hydrogen) atoms. The number of rotatable bonds is 4. The summed E-state index contributed by atoms with van der Waals surface area (Å²) in [7, 11) is 0. The first-order valence-corrected chi connectivity index (χ1v) is 10.3. The van der Waals surface area contributed by atoms with Gasteiger partial charge in [-0.05, 0) is 59.9 Å². The van der Waals surface area contributed by atoms with Gasteiger partial charge in [0.15, 0.2) is 0 Å². The molecule has 3 amide bonds. The molecule has 0 saturated carbocycles. The van der Waals surface area contributed by atoms with Crippen LogP contribution in [0.1, 0.15) is 48.4 Å². The number of hydrogen-bond donors (Lipinski definition) is 2. The van der Waals surface area contributed by atoms with Crippen LogP contribution in [0.3, 0.4) is 0 Å². The average molecular weight is 605 g/mol. The molecular weight excluding hydrogens is 596 g/mol. The van der Waals surface area contributed by atoms with Crippen LogP contribution in [0.5, 0.6) is 0 Å². The zero-order valence-corrected chi connectivity index (χ0v) is 19.5. The third kappa shape index (κ3) is 3.24. The summed E-state index contributed by atoms with van der Waals surface area (Å²) in [6, 6.07) is 5.90. The highest BCUT2D eigenvalue weighted by molar-refractivity contribution is 9.11. The standard InChI is InChI=1S/C18H9Br3N2O7/c1-6(24)22(23-15(25)7-4-2-3-5-8(7)16(23)26)14-12(20)9(17(27)28)11(19)10(13(14)21)18(29)30/h2-5H,1H3,(H,27,28)(H,29,30). The fourth-order valence-corrected chi connectivity index (χ4v) is 5.97. The van der Waals surface area contributed by atoms with Crippen molar-refractivity contribution in [2.75, 3.05) is 5.01 Å². The van der Waals surface area contributed by atoms with Crippen molar-refractivity contribution in [1.82, 2.24) is 5.01 Å². The predicted molar refractivity (Wildman–Crippen MR) is 114 cm³/mol. The highest BCUT2D eigenvalue weighted by Crippen LogP contribution is 2.45. The zero-order chi connectivity index (χ0) is 22.5. The maximum atomic E-state index is 12.9. The molecule has 0 bridgehead atoms. The minimum atomic E-state index is -1.50. The van der Waals surface area contributed by atoms with Gasteiger partial charge in [0.2, 0.25) is 5.91 Å². The van der Waals surface area contributed by atoms with Crippen LogP contribution < -0.4 is 5.01 Å². The maximum Gasteiger partial charge on any atom is 0.338 e. The molecule has 2 aromatic rings. The van der Waals surface area contributed by atoms with Gasteiger partial charge in [-0.2, -0.15) is 5.01 Å². The second kappa shape index (κ2) is 7.93. The summed E-state index contributed by atoms with van der Waals surface area (Å²) in [5.41, 5.74) is -1.23. The molecular formula is C18H9Br3N2O7. The van der Waals surface area contributed by atoms with Crippen LogP contribution in [-0.4, -0.2) is 44.9 Å². The fraction of sp³-hybridized carbons (Fsp3) is 0.0556. The smallest absolute Gasteiger partial charge is 0.338 e. The molecule has 3 rings (SSSR count). The third-order valence-electron chi connectivity index (χ3n) is 4.20. The van der Waals surface area contributed by atoms with Crippen molar-refractivity contribution in [3.8, 4) is 0 Å². The van der Waals surface area contributed by atoms with Gasteiger partial charge in [0.1, 0.15) is 0 Å². The highest BCUT2D eigenvalue weighted by atomic mass is 79.9. The lowest BCUT2D eigenvalue weighted by atomic mass is 10.1. The summed E-state index contributed by atoms with van der Waals surface area (Å²) in [5.74, 6) is -5.48. The quantitative estimate of drug-likeness (QED) is 0.505. The molecule has 0 radical (unpaired) electrons. The van der Waals surface area contributed by atoms with Gasteiger partial charge in [-0.15, -0.1) is 0 Å². The number of carboxylic acid groups (broad SMARTS) is 2. The van der Waals surface area contributed by atoms with E-state index in [4.69, 9.17) is 0 Å². The predicted octanol–water partition coefficient (Wildman–Crippen LogP) is 3.93. The Labute approximate surface area is 193 Å². The number of imide groups is 1. The van der Waals surface area contributed by atoms with Crippen LogP contribution in [0.2, 0.25) is 0 Å². The van der Waals surface area contributed by atoms with E-state index in [2.05, 4.69) is 47.8 Å². The molecule has 9 nitrogen and oxygen atoms in total. The molecule has 2 aromatic carbocycles. The molecule has 1 aliphatic heterocycles. The van der Waals surface area contributed by atoms with Crippen molar-refractivity contribution < 1.29 is 34.2 Å². The maximum absolute atomic E-state index is 12.9. The topological polar surface area (TPSA) is 132 Å². The summed E-state index contributed by atoms with van der Waals surface area (Å²) in [6.07, 6.45) is 0. The minimum absolute atomic E-state index is 0.0509. The van der Waals surface area contributed by atoms with E-state index in [-0.39, 0.29) is 30.2 Å². The number of anilines is 1. The van der Waals surface area contributed by atoms with Crippen molar-refractivity contribution in [1.29, 1.82) is 0 Å². The van der Waals surface area contributed by atoms with E-state index in [9.17, 15) is 34.2 Å². The Morgan fingerprint density at radius 2 is 1.23 bits per heavy atom. The molecule has 1 aliphatic rings. The number of nitrogens with zero attached hydrogens (tertiary/aromatic N) is 2. The van der Waals surface area contributed by atoms with Crippen LogP contribution in [0.25, 0.3) is 0 Å². The Morgan fingerprint density at radius 1 is 0.833 bits per heavy atom. The average Bonchev–Trinajstić information content (AvgIpc) is 2.89. The van der Waals surface area contributed by atoms with Crippen molar-refractivity contribution in [3.63, 3.8) is 0 Å². The first-order valence-electron chi connectivity index (χ1n) is 7.96. The summed E-state index contributed by atoms with van der Waals surface area (Å²) in [4.78, 5) is 61.9. The van der Waals surface area contributed by atoms with Gasteiger partial charge in [0, 0.05) is 11.4 Å². The molecule has 1 heterocycles. The Balaban J connectivity index is 2.36. The summed E-state index contributed by atoms with van der Waals surface area (Å²) >= 11 is 9.12. The van der Waals surface area contributed by atoms with Crippen LogP contribution in [0.4, 0.5) is 5.69 Å². The number of amides is 3. The van der Waals surface area contributed by atoms with Gasteiger partial charge in [-0.25, -0.2) is 14.6 Å². The number of fused-ring (bicyclic) bond motifs is 1. The van der Waals surface area contributed by atoms with Crippen molar-refractivity contribution in [2.45, 2.75) is 6.92 Å². The third-order valence-corrected chi connectivity index (χ3v) is 6.54. The first kappa shape index (κ1) is 22.1. The Bertz CT molecular complexity index is 1100. The van der Waals surface area contributed by atoms with Gasteiger partial charge >= 0.3 is 11.9 Å². The van der Waals surface area contributed by atoms with E-state index in [0.717, 1.165) is 6.92 Å². The van der Waals surface area contributed by atoms with Crippen LogP contribution >= 0.6 is 47.8 Å². The van der Waals surface area contributed by atoms with E-state index in [1.807, 2.05) is 0 Å². The number of carbonyl (C=O) groups is 5. The van der Waals surface area contributed by atoms with E-state index >= 15 is 0 Å². The number of hydrazine groups is 1. The molecule has 2 N–H and O–H groups in total. The Kier molecular flexibility index (Phi) is 5.85. The summed E-state index contributed by atoms with van der Waals surface area (Å²) in [5, 5.41) is 20.3. The molecule has 0 spiro atoms. The van der Waals surface area contributed by atoms with Gasteiger partial charge in [-0.3, -0.25) is 14.4 Å². The van der Waals surface area contributed by atoms with Gasteiger partial charge < -0.3 is 10.2 Å². The molecule has 12 heteroatoms. The largest absolute Gasteiger partial charge is 0.478 e. The lowest BCUT2D eigenvalue weighted by molar-refractivity contribution is -0.118. The first-order chi connectivity index (χ1) is 14.0. The molecule has 0 unspecified atom stereocenters. The normalized spacial score (nSPS) is 12.7. The molecule has 0 atom stereocenters. The van der Waals surface area contributed by atoms with Gasteiger partial charge in [0.25, 0.3) is 11.8 Å². The van der Waals surface area contributed by atoms with Crippen LogP contribution in [0, 0.1) is 0 Å². The molecule has 0 aromatic heterocycles. The zero-order valence-electron chi connectivity index (χ0n) is 14.8. The van der Waals surface area contributed by atoms with E-state index < -0.39 is 40.8 Å². The van der Waals surface area contributed by atoms with E-state index in [1.165, 1.54) is 12.1 Å². The van der Waals surface area contributed by atoms with Gasteiger partial charge in [0.05, 0.1) is 36.9 Å².